The van der Waals surface area contributed by atoms with Gasteiger partial charge in [-0.1, -0.05) is 12.7 Å². The molecule has 0 aliphatic heterocycles. The molecule has 0 aromatic rings. The Bertz CT molecular complexity index is 311. The lowest BCUT2D eigenvalue weighted by Crippen LogP contribution is -2.19. The number of aliphatic carboxylic acids is 1. The van der Waals surface area contributed by atoms with E-state index in [0.717, 1.165) is 17.7 Å². The van der Waals surface area contributed by atoms with Crippen LogP contribution in [0.1, 0.15) is 6.42 Å². The van der Waals surface area contributed by atoms with E-state index in [0.29, 0.717) is 5.57 Å². The molecule has 3 nitrogen and oxygen atoms in total. The number of hydrogen-bond donors (Lipinski definition) is 1. The van der Waals surface area contributed by atoms with E-state index in [-0.39, 0.29) is 0 Å². The van der Waals surface area contributed by atoms with Crippen LogP contribution in [0.25, 0.3) is 0 Å². The molecule has 1 rings (SSSR count). The van der Waals surface area contributed by atoms with Gasteiger partial charge in [0.25, 0.3) is 0 Å². The van der Waals surface area contributed by atoms with Gasteiger partial charge in [0.15, 0.2) is 0 Å². The van der Waals surface area contributed by atoms with Gasteiger partial charge in [-0.2, -0.15) is 0 Å². The van der Waals surface area contributed by atoms with Crippen LogP contribution in [0.3, 0.4) is 0 Å². The minimum Gasteiger partial charge on any atom is -0.478 e. The molecule has 1 aliphatic carbocycles. The van der Waals surface area contributed by atoms with Crippen molar-refractivity contribution < 1.29 is 9.90 Å². The standard InChI is InChI=1S/C10H13NO2/c1-7-5-4-6-8(10(12)13)9(7)11(2)3/h4,6H,1,5H2,2-3H3,(H,12,13). The van der Waals surface area contributed by atoms with Crippen molar-refractivity contribution in [1.82, 2.24) is 4.90 Å². The maximum Gasteiger partial charge on any atom is 0.337 e. The molecule has 3 heteroatoms. The van der Waals surface area contributed by atoms with E-state index in [2.05, 4.69) is 6.58 Å². The van der Waals surface area contributed by atoms with Gasteiger partial charge in [0.1, 0.15) is 0 Å². The molecular formula is C10H13NO2. The third-order valence-corrected chi connectivity index (χ3v) is 1.92. The van der Waals surface area contributed by atoms with E-state index in [9.17, 15) is 4.79 Å². The van der Waals surface area contributed by atoms with E-state index in [1.54, 1.807) is 11.0 Å². The van der Waals surface area contributed by atoms with Crippen LogP contribution in [0.15, 0.2) is 35.6 Å². The summed E-state index contributed by atoms with van der Waals surface area (Å²) >= 11 is 0. The number of carboxylic acid groups (broad SMARTS) is 1. The smallest absolute Gasteiger partial charge is 0.337 e. The molecule has 0 unspecified atom stereocenters. The highest BCUT2D eigenvalue weighted by Gasteiger charge is 2.18. The van der Waals surface area contributed by atoms with Gasteiger partial charge in [-0.05, 0) is 18.1 Å². The summed E-state index contributed by atoms with van der Waals surface area (Å²) in [6, 6.07) is 0. The Hall–Kier alpha value is -1.51. The van der Waals surface area contributed by atoms with E-state index in [1.807, 2.05) is 20.2 Å². The zero-order chi connectivity index (χ0) is 10.0. The minimum absolute atomic E-state index is 0.321. The van der Waals surface area contributed by atoms with Crippen LogP contribution >= 0.6 is 0 Å². The van der Waals surface area contributed by atoms with Crippen molar-refractivity contribution in [3.63, 3.8) is 0 Å². The number of carboxylic acids is 1. The van der Waals surface area contributed by atoms with Crippen LogP contribution in [0.4, 0.5) is 0 Å². The number of nitrogens with zero attached hydrogens (tertiary/aromatic N) is 1. The highest BCUT2D eigenvalue weighted by molar-refractivity contribution is 5.92. The van der Waals surface area contributed by atoms with Crippen molar-refractivity contribution in [2.24, 2.45) is 0 Å². The largest absolute Gasteiger partial charge is 0.478 e. The summed E-state index contributed by atoms with van der Waals surface area (Å²) < 4.78 is 0. The van der Waals surface area contributed by atoms with Crippen molar-refractivity contribution in [2.75, 3.05) is 14.1 Å². The number of hydrogen-bond acceptors (Lipinski definition) is 2. The second-order valence-electron chi connectivity index (χ2n) is 3.17. The first-order chi connectivity index (χ1) is 6.04. The van der Waals surface area contributed by atoms with Crippen LogP contribution < -0.4 is 0 Å². The molecule has 0 heterocycles. The first-order valence-electron chi connectivity index (χ1n) is 4.03. The highest BCUT2D eigenvalue weighted by Crippen LogP contribution is 2.24. The molecule has 0 saturated heterocycles. The SMILES string of the molecule is C=C1CC=CC(C(=O)O)=C1N(C)C. The van der Waals surface area contributed by atoms with Crippen molar-refractivity contribution in [3.05, 3.63) is 35.6 Å². The Morgan fingerprint density at radius 1 is 1.62 bits per heavy atom. The van der Waals surface area contributed by atoms with Gasteiger partial charge < -0.3 is 10.0 Å². The molecule has 1 aliphatic rings. The maximum atomic E-state index is 10.8. The van der Waals surface area contributed by atoms with E-state index in [1.165, 1.54) is 0 Å². The first kappa shape index (κ1) is 9.58. The average Bonchev–Trinajstić information content (AvgIpc) is 2.02. The fraction of sp³-hybridized carbons (Fsp3) is 0.300. The zero-order valence-corrected chi connectivity index (χ0v) is 7.87. The van der Waals surface area contributed by atoms with Crippen molar-refractivity contribution in [2.45, 2.75) is 6.42 Å². The Labute approximate surface area is 77.7 Å². The molecule has 0 spiro atoms. The highest BCUT2D eigenvalue weighted by atomic mass is 16.4. The van der Waals surface area contributed by atoms with Gasteiger partial charge in [-0.25, -0.2) is 4.79 Å². The normalized spacial score (nSPS) is 16.3. The van der Waals surface area contributed by atoms with E-state index in [4.69, 9.17) is 5.11 Å². The first-order valence-corrected chi connectivity index (χ1v) is 4.03. The Morgan fingerprint density at radius 3 is 2.62 bits per heavy atom. The summed E-state index contributed by atoms with van der Waals surface area (Å²) in [6.07, 6.45) is 4.18. The molecule has 0 amide bonds. The monoisotopic (exact) mass is 179 g/mol. The lowest BCUT2D eigenvalue weighted by molar-refractivity contribution is -0.132. The second-order valence-corrected chi connectivity index (χ2v) is 3.17. The third-order valence-electron chi connectivity index (χ3n) is 1.92. The zero-order valence-electron chi connectivity index (χ0n) is 7.87. The van der Waals surface area contributed by atoms with Crippen LogP contribution in [0.2, 0.25) is 0 Å². The topological polar surface area (TPSA) is 40.5 Å². The predicted molar refractivity (Wildman–Crippen MR) is 51.2 cm³/mol. The van der Waals surface area contributed by atoms with Crippen LogP contribution in [-0.2, 0) is 4.79 Å². The molecule has 0 aromatic carbocycles. The van der Waals surface area contributed by atoms with E-state index >= 15 is 0 Å². The number of allylic oxidation sites excluding steroid dienone is 2. The van der Waals surface area contributed by atoms with Gasteiger partial charge in [0.05, 0.1) is 11.3 Å². The van der Waals surface area contributed by atoms with Crippen molar-refractivity contribution >= 4 is 5.97 Å². The fourth-order valence-corrected chi connectivity index (χ4v) is 1.41. The summed E-state index contributed by atoms with van der Waals surface area (Å²) in [5.41, 5.74) is 1.89. The molecule has 13 heavy (non-hydrogen) atoms. The molecule has 0 bridgehead atoms. The summed E-state index contributed by atoms with van der Waals surface area (Å²) in [5.74, 6) is -0.902. The summed E-state index contributed by atoms with van der Waals surface area (Å²) in [6.45, 7) is 3.84. The van der Waals surface area contributed by atoms with Crippen molar-refractivity contribution in [3.8, 4) is 0 Å². The van der Waals surface area contributed by atoms with Crippen LogP contribution in [0.5, 0.6) is 0 Å². The average molecular weight is 179 g/mol. The lowest BCUT2D eigenvalue weighted by atomic mass is 9.98. The molecule has 0 radical (unpaired) electrons. The van der Waals surface area contributed by atoms with Gasteiger partial charge >= 0.3 is 5.97 Å². The quantitative estimate of drug-likeness (QED) is 0.696. The van der Waals surface area contributed by atoms with Gasteiger partial charge in [0.2, 0.25) is 0 Å². The van der Waals surface area contributed by atoms with Crippen molar-refractivity contribution in [1.29, 1.82) is 0 Å². The summed E-state index contributed by atoms with van der Waals surface area (Å²) in [7, 11) is 3.64. The number of likely N-dealkylation sites (N-methyl/N-ethyl adjacent to an activating group) is 1. The number of rotatable bonds is 2. The van der Waals surface area contributed by atoms with Gasteiger partial charge in [0, 0.05) is 14.1 Å². The van der Waals surface area contributed by atoms with Crippen LogP contribution in [-0.4, -0.2) is 30.1 Å². The van der Waals surface area contributed by atoms with E-state index < -0.39 is 5.97 Å². The van der Waals surface area contributed by atoms with Gasteiger partial charge in [-0.3, -0.25) is 0 Å². The van der Waals surface area contributed by atoms with Gasteiger partial charge in [-0.15, -0.1) is 0 Å². The Morgan fingerprint density at radius 2 is 2.23 bits per heavy atom. The lowest BCUT2D eigenvalue weighted by Gasteiger charge is -2.23. The molecular weight excluding hydrogens is 166 g/mol. The maximum absolute atomic E-state index is 10.8. The second kappa shape index (κ2) is 3.47. The molecule has 0 saturated carbocycles. The number of carbonyl (C=O) groups is 1. The summed E-state index contributed by atoms with van der Waals surface area (Å²) in [4.78, 5) is 12.6. The summed E-state index contributed by atoms with van der Waals surface area (Å²) in [5, 5.41) is 8.90. The molecule has 0 aromatic heterocycles. The fourth-order valence-electron chi connectivity index (χ4n) is 1.41. The molecule has 0 fully saturated rings. The molecule has 0 atom stereocenters. The third kappa shape index (κ3) is 1.80. The molecule has 1 N–H and O–H groups in total. The van der Waals surface area contributed by atoms with Crippen LogP contribution in [0, 0.1) is 0 Å². The molecule has 70 valence electrons. The Balaban J connectivity index is 3.20. The Kier molecular flexibility index (Phi) is 2.56. The minimum atomic E-state index is -0.902. The predicted octanol–water partition coefficient (Wildman–Crippen LogP) is 1.40.